The maximum absolute atomic E-state index is 11.6. The van der Waals surface area contributed by atoms with Gasteiger partial charge in [0.1, 0.15) is 5.82 Å². The molecule has 3 rings (SSSR count). The number of benzene rings is 2. The predicted molar refractivity (Wildman–Crippen MR) is 132 cm³/mol. The van der Waals surface area contributed by atoms with Crippen LogP contribution >= 0.6 is 0 Å². The SMILES string of the molecule is CCCCCN(CCCCC(NC(=O)O)c1nc2ccc(-c3ccccc3)cc2[nH]1)S(=O)(=O)O. The van der Waals surface area contributed by atoms with Crippen LogP contribution in [0, 0.1) is 0 Å². The fourth-order valence-electron chi connectivity index (χ4n) is 3.95. The molecule has 1 heterocycles. The average Bonchev–Trinajstić information content (AvgIpc) is 3.23. The van der Waals surface area contributed by atoms with E-state index in [1.807, 2.05) is 55.5 Å². The van der Waals surface area contributed by atoms with Gasteiger partial charge in [-0.15, -0.1) is 0 Å². The zero-order chi connectivity index (χ0) is 24.6. The summed E-state index contributed by atoms with van der Waals surface area (Å²) < 4.78 is 33.8. The molecule has 10 heteroatoms. The molecule has 9 nitrogen and oxygen atoms in total. The highest BCUT2D eigenvalue weighted by Gasteiger charge is 2.20. The maximum Gasteiger partial charge on any atom is 0.405 e. The van der Waals surface area contributed by atoms with Crippen molar-refractivity contribution in [2.24, 2.45) is 0 Å². The van der Waals surface area contributed by atoms with E-state index in [0.29, 0.717) is 31.5 Å². The van der Waals surface area contributed by atoms with Crippen LogP contribution in [0.25, 0.3) is 22.2 Å². The van der Waals surface area contributed by atoms with Gasteiger partial charge < -0.3 is 15.4 Å². The van der Waals surface area contributed by atoms with Crippen LogP contribution in [0.15, 0.2) is 48.5 Å². The number of carbonyl (C=O) groups is 1. The molecule has 0 fully saturated rings. The summed E-state index contributed by atoms with van der Waals surface area (Å²) >= 11 is 0. The maximum atomic E-state index is 11.6. The lowest BCUT2D eigenvalue weighted by Crippen LogP contribution is -2.32. The van der Waals surface area contributed by atoms with Crippen LogP contribution in [0.2, 0.25) is 0 Å². The molecule has 34 heavy (non-hydrogen) atoms. The number of imidazole rings is 1. The van der Waals surface area contributed by atoms with Crippen LogP contribution in [-0.4, -0.2) is 51.5 Å². The summed E-state index contributed by atoms with van der Waals surface area (Å²) in [5, 5.41) is 11.8. The number of unbranched alkanes of at least 4 members (excludes halogenated alkanes) is 3. The normalized spacial score (nSPS) is 12.8. The molecule has 0 aliphatic rings. The average molecular weight is 489 g/mol. The lowest BCUT2D eigenvalue weighted by Gasteiger charge is -2.19. The van der Waals surface area contributed by atoms with E-state index in [4.69, 9.17) is 0 Å². The molecule has 0 aliphatic heterocycles. The number of carboxylic acid groups (broad SMARTS) is 1. The summed E-state index contributed by atoms with van der Waals surface area (Å²) in [6.45, 7) is 2.48. The molecular weight excluding hydrogens is 456 g/mol. The lowest BCUT2D eigenvalue weighted by molar-refractivity contribution is 0.188. The third-order valence-corrected chi connectivity index (χ3v) is 6.74. The summed E-state index contributed by atoms with van der Waals surface area (Å²) in [5.41, 5.74) is 3.64. The minimum Gasteiger partial charge on any atom is -0.465 e. The minimum atomic E-state index is -4.26. The highest BCUT2D eigenvalue weighted by molar-refractivity contribution is 7.83. The Balaban J connectivity index is 1.67. The quantitative estimate of drug-likeness (QED) is 0.197. The van der Waals surface area contributed by atoms with Crippen molar-refractivity contribution >= 4 is 27.4 Å². The van der Waals surface area contributed by atoms with Crippen molar-refractivity contribution in [3.63, 3.8) is 0 Å². The Morgan fingerprint density at radius 2 is 1.76 bits per heavy atom. The molecule has 2 aromatic carbocycles. The van der Waals surface area contributed by atoms with Gasteiger partial charge in [-0.3, -0.25) is 4.55 Å². The van der Waals surface area contributed by atoms with Crippen molar-refractivity contribution < 1.29 is 22.9 Å². The van der Waals surface area contributed by atoms with Gasteiger partial charge >= 0.3 is 16.4 Å². The third-order valence-electron chi connectivity index (χ3n) is 5.72. The molecule has 1 amide bonds. The van der Waals surface area contributed by atoms with Gasteiger partial charge in [-0.05, 0) is 48.9 Å². The van der Waals surface area contributed by atoms with Crippen molar-refractivity contribution in [2.45, 2.75) is 51.5 Å². The molecule has 184 valence electrons. The summed E-state index contributed by atoms with van der Waals surface area (Å²) in [4.78, 5) is 19.2. The Hall–Kier alpha value is -2.95. The predicted octanol–water partition coefficient (Wildman–Crippen LogP) is 5.00. The number of aromatic nitrogens is 2. The van der Waals surface area contributed by atoms with E-state index >= 15 is 0 Å². The number of nitrogens with zero attached hydrogens (tertiary/aromatic N) is 2. The van der Waals surface area contributed by atoms with Gasteiger partial charge in [-0.2, -0.15) is 12.7 Å². The first kappa shape index (κ1) is 25.7. The first-order chi connectivity index (χ1) is 16.3. The topological polar surface area (TPSA) is 136 Å². The summed E-state index contributed by atoms with van der Waals surface area (Å²) in [5.74, 6) is 0.511. The number of aromatic amines is 1. The summed E-state index contributed by atoms with van der Waals surface area (Å²) in [7, 11) is -4.26. The van der Waals surface area contributed by atoms with E-state index in [0.717, 1.165) is 39.3 Å². The molecule has 0 bridgehead atoms. The third kappa shape index (κ3) is 7.28. The van der Waals surface area contributed by atoms with Gasteiger partial charge in [-0.25, -0.2) is 9.78 Å². The fraction of sp³-hybridized carbons (Fsp3) is 0.417. The smallest absolute Gasteiger partial charge is 0.405 e. The lowest BCUT2D eigenvalue weighted by atomic mass is 10.1. The Morgan fingerprint density at radius 3 is 2.41 bits per heavy atom. The monoisotopic (exact) mass is 488 g/mol. The number of amides is 1. The first-order valence-corrected chi connectivity index (χ1v) is 12.9. The second kappa shape index (κ2) is 12.0. The second-order valence-electron chi connectivity index (χ2n) is 8.30. The van der Waals surface area contributed by atoms with Gasteiger partial charge in [0.25, 0.3) is 0 Å². The Bertz CT molecular complexity index is 1180. The summed E-state index contributed by atoms with van der Waals surface area (Å²) in [6, 6.07) is 15.2. The molecule has 1 unspecified atom stereocenters. The molecule has 4 N–H and O–H groups in total. The molecule has 0 saturated heterocycles. The number of rotatable bonds is 13. The van der Waals surface area contributed by atoms with Crippen LogP contribution in [0.1, 0.15) is 57.3 Å². The van der Waals surface area contributed by atoms with Crippen LogP contribution in [-0.2, 0) is 10.3 Å². The molecule has 3 aromatic rings. The van der Waals surface area contributed by atoms with E-state index in [2.05, 4.69) is 15.3 Å². The molecule has 0 spiro atoms. The molecule has 0 saturated carbocycles. The van der Waals surface area contributed by atoms with Crippen LogP contribution < -0.4 is 5.32 Å². The molecular formula is C24H32N4O5S. The van der Waals surface area contributed by atoms with E-state index in [1.54, 1.807) is 0 Å². The highest BCUT2D eigenvalue weighted by atomic mass is 32.2. The van der Waals surface area contributed by atoms with Gasteiger partial charge in [0, 0.05) is 13.1 Å². The van der Waals surface area contributed by atoms with Gasteiger partial charge in [-0.1, -0.05) is 56.2 Å². The van der Waals surface area contributed by atoms with Gasteiger partial charge in [0.05, 0.1) is 17.1 Å². The number of hydrogen-bond donors (Lipinski definition) is 4. The van der Waals surface area contributed by atoms with E-state index in [1.165, 1.54) is 0 Å². The highest BCUT2D eigenvalue weighted by Crippen LogP contribution is 2.26. The van der Waals surface area contributed by atoms with Gasteiger partial charge in [0.15, 0.2) is 0 Å². The molecule has 0 aliphatic carbocycles. The number of H-pyrrole nitrogens is 1. The van der Waals surface area contributed by atoms with Crippen molar-refractivity contribution in [1.29, 1.82) is 0 Å². The van der Waals surface area contributed by atoms with Crippen LogP contribution in [0.3, 0.4) is 0 Å². The van der Waals surface area contributed by atoms with Crippen molar-refractivity contribution in [3.05, 3.63) is 54.4 Å². The van der Waals surface area contributed by atoms with Crippen molar-refractivity contribution in [1.82, 2.24) is 19.6 Å². The second-order valence-corrected chi connectivity index (χ2v) is 9.71. The van der Waals surface area contributed by atoms with E-state index < -0.39 is 22.4 Å². The zero-order valence-electron chi connectivity index (χ0n) is 19.3. The fourth-order valence-corrected chi connectivity index (χ4v) is 4.67. The Labute approximate surface area is 200 Å². The standard InChI is InChI=1S/C24H32N4O5S/c1-2-3-8-15-28(34(31,32)33)16-9-7-12-21(27-24(29)30)23-25-20-14-13-19(17-22(20)26-23)18-10-5-4-6-11-18/h4-6,10-11,13-14,17,21,27H,2-3,7-9,12,15-16H2,1H3,(H,25,26)(H,29,30)(H,31,32,33). The molecule has 0 radical (unpaired) electrons. The van der Waals surface area contributed by atoms with Crippen LogP contribution in [0.4, 0.5) is 4.79 Å². The number of nitrogens with one attached hydrogen (secondary N) is 2. The zero-order valence-corrected chi connectivity index (χ0v) is 20.1. The summed E-state index contributed by atoms with van der Waals surface area (Å²) in [6.07, 6.45) is 2.84. The first-order valence-electron chi connectivity index (χ1n) is 11.5. The Kier molecular flexibility index (Phi) is 9.03. The van der Waals surface area contributed by atoms with Crippen molar-refractivity contribution in [3.8, 4) is 11.1 Å². The largest absolute Gasteiger partial charge is 0.465 e. The number of hydrogen-bond acceptors (Lipinski definition) is 4. The number of fused-ring (bicyclic) bond motifs is 1. The van der Waals surface area contributed by atoms with E-state index in [-0.39, 0.29) is 13.1 Å². The van der Waals surface area contributed by atoms with Crippen LogP contribution in [0.5, 0.6) is 0 Å². The Morgan fingerprint density at radius 1 is 1.06 bits per heavy atom. The van der Waals surface area contributed by atoms with Crippen molar-refractivity contribution in [2.75, 3.05) is 13.1 Å². The molecule has 1 atom stereocenters. The van der Waals surface area contributed by atoms with Gasteiger partial charge in [0.2, 0.25) is 0 Å². The minimum absolute atomic E-state index is 0.183. The van der Waals surface area contributed by atoms with E-state index in [9.17, 15) is 22.9 Å². The molecule has 1 aromatic heterocycles.